The van der Waals surface area contributed by atoms with Crippen LogP contribution in [0.1, 0.15) is 44.9 Å². The Morgan fingerprint density at radius 1 is 0.358 bits per heavy atom. The van der Waals surface area contributed by atoms with Gasteiger partial charge in [0.25, 0.3) is 0 Å². The third-order valence-electron chi connectivity index (χ3n) is 14.9. The van der Waals surface area contributed by atoms with Crippen LogP contribution >= 0.6 is 0 Å². The molecule has 81 heavy (non-hydrogen) atoms. The van der Waals surface area contributed by atoms with Crippen LogP contribution in [0.5, 0.6) is 0 Å². The molecule has 474 valence electrons. The van der Waals surface area contributed by atoms with Gasteiger partial charge in [-0.05, 0) is 12.8 Å². The molecule has 6 aliphatic rings. The van der Waals surface area contributed by atoms with Crippen LogP contribution in [0.15, 0.2) is 0 Å². The molecular weight excluding hydrogens is 1100 g/mol. The van der Waals surface area contributed by atoms with Gasteiger partial charge in [0, 0.05) is 26.1 Å². The molecule has 0 unspecified atom stereocenters. The van der Waals surface area contributed by atoms with Crippen LogP contribution in [0, 0.1) is 0 Å². The normalized spacial score (nSPS) is 46.1. The van der Waals surface area contributed by atoms with Crippen molar-refractivity contribution in [1.82, 2.24) is 5.32 Å². The van der Waals surface area contributed by atoms with Gasteiger partial charge in [-0.2, -0.15) is 0 Å². The molecule has 0 aromatic rings. The average Bonchev–Trinajstić information content (AvgIpc) is 3.65. The highest BCUT2D eigenvalue weighted by molar-refractivity contribution is 5.75. The van der Waals surface area contributed by atoms with E-state index in [0.717, 1.165) is 19.3 Å². The number of ether oxygens (including phenoxy) is 12. The molecule has 1 amide bonds. The lowest BCUT2D eigenvalue weighted by Crippen LogP contribution is -2.68. The van der Waals surface area contributed by atoms with Gasteiger partial charge in [0.1, 0.15) is 146 Å². The van der Waals surface area contributed by atoms with E-state index in [1.807, 2.05) is 0 Å². The van der Waals surface area contributed by atoms with E-state index in [-0.39, 0.29) is 12.5 Å². The maximum atomic E-state index is 12.0. The van der Waals surface area contributed by atoms with Crippen molar-refractivity contribution in [3.05, 3.63) is 0 Å². The largest absolute Gasteiger partial charge is 0.394 e. The summed E-state index contributed by atoms with van der Waals surface area (Å²) in [6.45, 7) is -4.86. The number of carbonyl (C=O) groups excluding carboxylic acids is 1. The Bertz CT molecular complexity index is 1820. The summed E-state index contributed by atoms with van der Waals surface area (Å²) in [7, 11) is 0. The fraction of sp³-hybridized carbons (Fsp3) is 0.979. The second kappa shape index (κ2) is 32.3. The Balaban J connectivity index is 1.20. The van der Waals surface area contributed by atoms with Gasteiger partial charge in [0.15, 0.2) is 37.7 Å². The minimum absolute atomic E-state index is 0.0819. The van der Waals surface area contributed by atoms with Crippen LogP contribution in [0.4, 0.5) is 0 Å². The van der Waals surface area contributed by atoms with Gasteiger partial charge in [-0.15, -0.1) is 0 Å². The fourth-order valence-corrected chi connectivity index (χ4v) is 10.1. The molecule has 34 nitrogen and oxygen atoms in total. The van der Waals surface area contributed by atoms with E-state index in [1.54, 1.807) is 0 Å². The van der Waals surface area contributed by atoms with Crippen molar-refractivity contribution < 1.29 is 159 Å². The molecule has 0 spiro atoms. The second-order valence-electron chi connectivity index (χ2n) is 20.7. The van der Waals surface area contributed by atoms with Crippen molar-refractivity contribution in [2.24, 2.45) is 5.73 Å². The first kappa shape index (κ1) is 68.3. The number of aliphatic hydroxyl groups is 19. The molecule has 0 bridgehead atoms. The summed E-state index contributed by atoms with van der Waals surface area (Å²) in [6, 6.07) is 0. The van der Waals surface area contributed by atoms with E-state index in [9.17, 15) is 102 Å². The second-order valence-corrected chi connectivity index (χ2v) is 20.7. The van der Waals surface area contributed by atoms with Crippen molar-refractivity contribution in [2.75, 3.05) is 59.3 Å². The summed E-state index contributed by atoms with van der Waals surface area (Å²) < 4.78 is 68.9. The standard InChI is InChI=1S/C47H84N2O32/c48-8-9-49-23(55)7-5-3-1-2-4-6-10-70-42-35(67)40(29(61)22(77-42)16-71-43-36(68)38(27(59)20(14-53)72-43)78-44-33(65)30(62)24(56)17(11-50)73-44)80-47-41(32(64)26(58)19(13-52)76-47)81-46-37(69)39(28(60)21(15-54)75-46)79-45-34(66)31(63)25(57)18(12-51)74-45/h17-22,24-47,50-54,56-69H,1-16,48H2,(H,49,55)/t17-,18-,19-,20-,21-,22-,24-,25-,26-,27-,28-,29-,30+,31+,32+,33+,34-,35+,36+,37+,38+,39+,40+,41+,42-,43+,44-,45-,46-,47-/m1/s1. The first-order chi connectivity index (χ1) is 38.7. The third-order valence-corrected chi connectivity index (χ3v) is 14.9. The SMILES string of the molecule is NCCNC(=O)CCCCCCCCO[C@@H]1O[C@H](CO[C@H]2O[C@H](CO)[C@@H](O)[C@H](O[C@H]3O[C@H](CO)[C@@H](O)[C@H](O)[C@@H]3O)[C@@H]2O)[C@@H](O)[C@H](O[C@H]2O[C@H](CO)[C@@H](O)[C@H](O)[C@@H]2O[C@H]2O[C@H](CO)[C@@H](O)[C@H](O[C@H]3O[C@H](CO)[C@@H](O)[C@H](O)[C@H]3O)[C@@H]2O)[C@@H]1O. The molecule has 0 radical (unpaired) electrons. The number of aliphatic hydroxyl groups excluding tert-OH is 19. The molecule has 0 saturated carbocycles. The lowest BCUT2D eigenvalue weighted by molar-refractivity contribution is -0.399. The first-order valence-corrected chi connectivity index (χ1v) is 27.0. The molecule has 6 heterocycles. The smallest absolute Gasteiger partial charge is 0.220 e. The van der Waals surface area contributed by atoms with Crippen LogP contribution in [0.2, 0.25) is 0 Å². The van der Waals surface area contributed by atoms with Crippen LogP contribution in [-0.2, 0) is 61.6 Å². The highest BCUT2D eigenvalue weighted by Gasteiger charge is 2.57. The van der Waals surface area contributed by atoms with Crippen LogP contribution in [-0.4, -0.2) is 347 Å². The van der Waals surface area contributed by atoms with E-state index in [1.165, 1.54) is 0 Å². The Labute approximate surface area is 463 Å². The summed E-state index contributed by atoms with van der Waals surface area (Å²) in [4.78, 5) is 11.9. The predicted octanol–water partition coefficient (Wildman–Crippen LogP) is -12.3. The van der Waals surface area contributed by atoms with Crippen molar-refractivity contribution in [3.63, 3.8) is 0 Å². The van der Waals surface area contributed by atoms with Crippen LogP contribution in [0.3, 0.4) is 0 Å². The number of hydrogen-bond donors (Lipinski definition) is 21. The summed E-state index contributed by atoms with van der Waals surface area (Å²) in [5, 5.41) is 207. The Hall–Kier alpha value is -1.81. The van der Waals surface area contributed by atoms with Gasteiger partial charge in [0.05, 0.1) is 39.6 Å². The zero-order valence-electron chi connectivity index (χ0n) is 44.0. The van der Waals surface area contributed by atoms with E-state index < -0.39 is 224 Å². The lowest BCUT2D eigenvalue weighted by Gasteiger charge is -2.49. The Morgan fingerprint density at radius 2 is 0.704 bits per heavy atom. The lowest BCUT2D eigenvalue weighted by atomic mass is 9.95. The van der Waals surface area contributed by atoms with Crippen LogP contribution in [0.25, 0.3) is 0 Å². The number of rotatable bonds is 28. The van der Waals surface area contributed by atoms with Crippen molar-refractivity contribution >= 4 is 5.91 Å². The van der Waals surface area contributed by atoms with E-state index in [2.05, 4.69) is 5.32 Å². The molecule has 6 rings (SSSR count). The van der Waals surface area contributed by atoms with Crippen LogP contribution < -0.4 is 11.1 Å². The predicted molar refractivity (Wildman–Crippen MR) is 257 cm³/mol. The van der Waals surface area contributed by atoms with E-state index in [4.69, 9.17) is 62.6 Å². The molecule has 6 aliphatic heterocycles. The number of unbranched alkanes of at least 4 members (excludes halogenated alkanes) is 5. The highest BCUT2D eigenvalue weighted by atomic mass is 16.8. The van der Waals surface area contributed by atoms with Gasteiger partial charge in [-0.25, -0.2) is 0 Å². The molecule has 34 heteroatoms. The van der Waals surface area contributed by atoms with Gasteiger partial charge < -0.3 is 165 Å². The molecule has 0 aromatic carbocycles. The topological polar surface area (TPSA) is 550 Å². The summed E-state index contributed by atoms with van der Waals surface area (Å²) >= 11 is 0. The van der Waals surface area contributed by atoms with Gasteiger partial charge in [0.2, 0.25) is 5.91 Å². The average molecular weight is 1190 g/mol. The van der Waals surface area contributed by atoms with Gasteiger partial charge in [-0.3, -0.25) is 4.79 Å². The number of carbonyl (C=O) groups is 1. The molecule has 0 aliphatic carbocycles. The van der Waals surface area contributed by atoms with E-state index in [0.29, 0.717) is 38.8 Å². The summed E-state index contributed by atoms with van der Waals surface area (Å²) in [5.74, 6) is -0.109. The van der Waals surface area contributed by atoms with Crippen molar-refractivity contribution in [2.45, 2.75) is 229 Å². The number of nitrogens with one attached hydrogen (secondary N) is 1. The number of hydrogen-bond acceptors (Lipinski definition) is 33. The zero-order chi connectivity index (χ0) is 59.4. The van der Waals surface area contributed by atoms with Crippen molar-refractivity contribution in [3.8, 4) is 0 Å². The molecule has 30 atom stereocenters. The van der Waals surface area contributed by atoms with Gasteiger partial charge in [-0.1, -0.05) is 25.7 Å². The number of nitrogens with two attached hydrogens (primary N) is 1. The molecule has 22 N–H and O–H groups in total. The molecular formula is C47H84N2O32. The zero-order valence-corrected chi connectivity index (χ0v) is 44.0. The fourth-order valence-electron chi connectivity index (χ4n) is 10.1. The number of amides is 1. The summed E-state index contributed by atoms with van der Waals surface area (Å²) in [6.07, 6.45) is -52.8. The van der Waals surface area contributed by atoms with E-state index >= 15 is 0 Å². The quantitative estimate of drug-likeness (QED) is 0.0324. The first-order valence-electron chi connectivity index (χ1n) is 27.0. The minimum atomic E-state index is -2.20. The van der Waals surface area contributed by atoms with Gasteiger partial charge >= 0.3 is 0 Å². The van der Waals surface area contributed by atoms with Crippen molar-refractivity contribution in [1.29, 1.82) is 0 Å². The molecule has 6 fully saturated rings. The molecule has 0 aromatic heterocycles. The Kier molecular flexibility index (Phi) is 27.2. The third kappa shape index (κ3) is 16.6. The summed E-state index contributed by atoms with van der Waals surface area (Å²) in [5.41, 5.74) is 5.42. The highest BCUT2D eigenvalue weighted by Crippen LogP contribution is 2.36. The monoisotopic (exact) mass is 1190 g/mol. The Morgan fingerprint density at radius 3 is 1.19 bits per heavy atom. The maximum Gasteiger partial charge on any atom is 0.220 e. The molecule has 6 saturated heterocycles. The maximum absolute atomic E-state index is 12.0. The minimum Gasteiger partial charge on any atom is -0.394 e.